The lowest BCUT2D eigenvalue weighted by molar-refractivity contribution is -0.124. The van der Waals surface area contributed by atoms with Gasteiger partial charge in [0.25, 0.3) is 5.91 Å². The van der Waals surface area contributed by atoms with Gasteiger partial charge in [0.1, 0.15) is 17.6 Å². The molecule has 4 rings (SSSR count). The van der Waals surface area contributed by atoms with E-state index in [0.29, 0.717) is 22.2 Å². The van der Waals surface area contributed by atoms with Crippen molar-refractivity contribution in [2.75, 3.05) is 17.3 Å². The number of hydrogen-bond acceptors (Lipinski definition) is 4. The van der Waals surface area contributed by atoms with Crippen molar-refractivity contribution in [1.29, 1.82) is 0 Å². The second-order valence-electron chi connectivity index (χ2n) is 7.54. The summed E-state index contributed by atoms with van der Waals surface area (Å²) < 4.78 is 18.5. The summed E-state index contributed by atoms with van der Waals surface area (Å²) in [5, 5.41) is 3.12. The molecular formula is C25H22FN3O3S. The Morgan fingerprint density at radius 1 is 1.03 bits per heavy atom. The number of para-hydroxylation sites is 1. The number of methoxy groups -OCH3 is 1. The van der Waals surface area contributed by atoms with Gasteiger partial charge in [0, 0.05) is 12.2 Å². The number of carbonyl (C=O) groups excluding carboxylic acids is 2. The molecule has 1 heterocycles. The Bertz CT molecular complexity index is 1150. The fourth-order valence-electron chi connectivity index (χ4n) is 3.68. The van der Waals surface area contributed by atoms with E-state index in [1.807, 2.05) is 18.2 Å². The molecule has 3 aromatic carbocycles. The average molecular weight is 464 g/mol. The molecule has 0 aliphatic carbocycles. The SMILES string of the molecule is COc1ccc(NC(=O)C[C@@H]2C(=O)N(c3ccccc3)C(=S)N2Cc2ccc(F)cc2)cc1. The van der Waals surface area contributed by atoms with Crippen LogP contribution in [0.25, 0.3) is 0 Å². The number of benzene rings is 3. The van der Waals surface area contributed by atoms with Crippen LogP contribution in [-0.4, -0.2) is 35.0 Å². The molecular weight excluding hydrogens is 441 g/mol. The van der Waals surface area contributed by atoms with Gasteiger partial charge < -0.3 is 15.0 Å². The van der Waals surface area contributed by atoms with Crippen LogP contribution in [0.5, 0.6) is 5.75 Å². The standard InChI is InChI=1S/C25H22FN3O3S/c1-32-21-13-11-19(12-14-21)27-23(30)15-22-24(31)29(20-5-3-2-4-6-20)25(33)28(22)16-17-7-9-18(26)10-8-17/h2-14,22H,15-16H2,1H3,(H,27,30)/t22-/m1/s1. The molecule has 3 aromatic rings. The lowest BCUT2D eigenvalue weighted by atomic mass is 10.1. The Morgan fingerprint density at radius 3 is 2.33 bits per heavy atom. The van der Waals surface area contributed by atoms with Gasteiger partial charge in [-0.3, -0.25) is 14.5 Å². The van der Waals surface area contributed by atoms with Crippen LogP contribution in [0.2, 0.25) is 0 Å². The maximum atomic E-state index is 13.4. The minimum Gasteiger partial charge on any atom is -0.497 e. The van der Waals surface area contributed by atoms with Crippen molar-refractivity contribution < 1.29 is 18.7 Å². The van der Waals surface area contributed by atoms with E-state index in [9.17, 15) is 14.0 Å². The van der Waals surface area contributed by atoms with Crippen molar-refractivity contribution in [3.8, 4) is 5.75 Å². The van der Waals surface area contributed by atoms with E-state index >= 15 is 0 Å². The Kier molecular flexibility index (Phi) is 6.65. The van der Waals surface area contributed by atoms with E-state index in [0.717, 1.165) is 5.56 Å². The first kappa shape index (κ1) is 22.4. The van der Waals surface area contributed by atoms with Crippen LogP contribution in [-0.2, 0) is 16.1 Å². The first-order chi connectivity index (χ1) is 16.0. The predicted octanol–water partition coefficient (Wildman–Crippen LogP) is 4.37. The third-order valence-corrected chi connectivity index (χ3v) is 5.77. The first-order valence-corrected chi connectivity index (χ1v) is 10.7. The van der Waals surface area contributed by atoms with Crippen LogP contribution in [0.3, 0.4) is 0 Å². The summed E-state index contributed by atoms with van der Waals surface area (Å²) in [6, 6.07) is 21.2. The predicted molar refractivity (Wildman–Crippen MR) is 128 cm³/mol. The molecule has 1 saturated heterocycles. The number of hydrogen-bond donors (Lipinski definition) is 1. The number of ether oxygens (including phenoxy) is 1. The van der Waals surface area contributed by atoms with Gasteiger partial charge in [0.05, 0.1) is 19.2 Å². The van der Waals surface area contributed by atoms with Crippen molar-refractivity contribution in [3.63, 3.8) is 0 Å². The fourth-order valence-corrected chi connectivity index (χ4v) is 4.06. The van der Waals surface area contributed by atoms with Crippen LogP contribution in [0.1, 0.15) is 12.0 Å². The molecule has 1 N–H and O–H groups in total. The van der Waals surface area contributed by atoms with Gasteiger partial charge in [-0.2, -0.15) is 0 Å². The molecule has 1 fully saturated rings. The normalized spacial score (nSPS) is 15.6. The summed E-state index contributed by atoms with van der Waals surface area (Å²) in [6.07, 6.45) is -0.0878. The highest BCUT2D eigenvalue weighted by atomic mass is 32.1. The van der Waals surface area contributed by atoms with E-state index in [-0.39, 0.29) is 30.6 Å². The zero-order valence-corrected chi connectivity index (χ0v) is 18.7. The highest BCUT2D eigenvalue weighted by Crippen LogP contribution is 2.29. The molecule has 1 atom stereocenters. The van der Waals surface area contributed by atoms with Crippen LogP contribution >= 0.6 is 12.2 Å². The summed E-state index contributed by atoms with van der Waals surface area (Å²) in [6.45, 7) is 0.272. The Balaban J connectivity index is 1.57. The number of thiocarbonyl (C=S) groups is 1. The number of rotatable bonds is 7. The monoisotopic (exact) mass is 463 g/mol. The van der Waals surface area contributed by atoms with Gasteiger partial charge in [-0.25, -0.2) is 4.39 Å². The summed E-state index contributed by atoms with van der Waals surface area (Å²) in [5.74, 6) is -0.271. The topological polar surface area (TPSA) is 61.9 Å². The number of carbonyl (C=O) groups is 2. The Hall–Kier alpha value is -3.78. The molecule has 6 nitrogen and oxygen atoms in total. The minimum atomic E-state index is -0.791. The van der Waals surface area contributed by atoms with Crippen molar-refractivity contribution in [2.45, 2.75) is 19.0 Å². The van der Waals surface area contributed by atoms with Crippen LogP contribution in [0.15, 0.2) is 78.9 Å². The molecule has 8 heteroatoms. The number of amides is 2. The molecule has 0 radical (unpaired) electrons. The number of nitrogens with one attached hydrogen (secondary N) is 1. The van der Waals surface area contributed by atoms with E-state index in [1.54, 1.807) is 60.5 Å². The second kappa shape index (κ2) is 9.79. The number of anilines is 2. The van der Waals surface area contributed by atoms with Gasteiger partial charge in [0.15, 0.2) is 5.11 Å². The third-order valence-electron chi connectivity index (χ3n) is 5.35. The van der Waals surface area contributed by atoms with Crippen molar-refractivity contribution in [3.05, 3.63) is 90.2 Å². The van der Waals surface area contributed by atoms with E-state index in [4.69, 9.17) is 17.0 Å². The maximum Gasteiger partial charge on any atom is 0.256 e. The van der Waals surface area contributed by atoms with E-state index in [1.165, 1.54) is 17.0 Å². The molecule has 1 aliphatic rings. The van der Waals surface area contributed by atoms with Crippen LogP contribution in [0, 0.1) is 5.82 Å². The maximum absolute atomic E-state index is 13.4. The van der Waals surface area contributed by atoms with Gasteiger partial charge in [-0.1, -0.05) is 30.3 Å². The highest BCUT2D eigenvalue weighted by Gasteiger charge is 2.44. The molecule has 0 unspecified atom stereocenters. The molecule has 2 amide bonds. The zero-order valence-electron chi connectivity index (χ0n) is 17.9. The van der Waals surface area contributed by atoms with Gasteiger partial charge in [-0.05, 0) is 66.3 Å². The number of halogens is 1. The third kappa shape index (κ3) is 5.01. The fraction of sp³-hybridized carbons (Fsp3) is 0.160. The van der Waals surface area contributed by atoms with Gasteiger partial charge in [-0.15, -0.1) is 0 Å². The van der Waals surface area contributed by atoms with Crippen LogP contribution < -0.4 is 15.0 Å². The molecule has 0 bridgehead atoms. The van der Waals surface area contributed by atoms with Gasteiger partial charge in [0.2, 0.25) is 5.91 Å². The summed E-state index contributed by atoms with van der Waals surface area (Å²) in [7, 11) is 1.57. The molecule has 0 aromatic heterocycles. The molecule has 168 valence electrons. The summed E-state index contributed by atoms with van der Waals surface area (Å²) in [5.41, 5.74) is 2.01. The second-order valence-corrected chi connectivity index (χ2v) is 7.91. The largest absolute Gasteiger partial charge is 0.497 e. The lowest BCUT2D eigenvalue weighted by Gasteiger charge is -2.24. The van der Waals surface area contributed by atoms with Crippen LogP contribution in [0.4, 0.5) is 15.8 Å². The van der Waals surface area contributed by atoms with Gasteiger partial charge >= 0.3 is 0 Å². The van der Waals surface area contributed by atoms with E-state index < -0.39 is 6.04 Å². The van der Waals surface area contributed by atoms with Crippen molar-refractivity contribution in [1.82, 2.24) is 4.90 Å². The zero-order chi connectivity index (χ0) is 23.4. The molecule has 1 aliphatic heterocycles. The van der Waals surface area contributed by atoms with Crippen molar-refractivity contribution in [2.24, 2.45) is 0 Å². The average Bonchev–Trinajstić information content (AvgIpc) is 3.05. The van der Waals surface area contributed by atoms with E-state index in [2.05, 4.69) is 5.32 Å². The molecule has 0 saturated carbocycles. The highest BCUT2D eigenvalue weighted by molar-refractivity contribution is 7.80. The number of nitrogens with zero attached hydrogens (tertiary/aromatic N) is 2. The summed E-state index contributed by atoms with van der Waals surface area (Å²) in [4.78, 5) is 29.4. The molecule has 0 spiro atoms. The lowest BCUT2D eigenvalue weighted by Crippen LogP contribution is -2.37. The Morgan fingerprint density at radius 2 is 1.70 bits per heavy atom. The minimum absolute atomic E-state index is 0.0878. The first-order valence-electron chi connectivity index (χ1n) is 10.3. The smallest absolute Gasteiger partial charge is 0.256 e. The quantitative estimate of drug-likeness (QED) is 0.528. The Labute approximate surface area is 196 Å². The molecule has 33 heavy (non-hydrogen) atoms. The summed E-state index contributed by atoms with van der Waals surface area (Å²) >= 11 is 5.64. The van der Waals surface area contributed by atoms with Crippen molar-refractivity contribution >= 4 is 40.5 Å².